The van der Waals surface area contributed by atoms with Crippen LogP contribution in [0.3, 0.4) is 0 Å². The maximum absolute atomic E-state index is 13.4. The standard InChI is InChI=1S/C18H23FN2O/c1-5-9-20(4)18(22)17-13(2)10-14(3)21(17)12-15-7-6-8-16(19)11-15/h6-8,10-11H,5,9,12H2,1-4H3. The molecule has 0 aliphatic rings. The number of benzene rings is 1. The summed E-state index contributed by atoms with van der Waals surface area (Å²) in [6.45, 7) is 7.19. The van der Waals surface area contributed by atoms with E-state index < -0.39 is 0 Å². The van der Waals surface area contributed by atoms with Gasteiger partial charge in [0.15, 0.2) is 0 Å². The third kappa shape index (κ3) is 3.38. The van der Waals surface area contributed by atoms with E-state index in [0.29, 0.717) is 12.2 Å². The van der Waals surface area contributed by atoms with Crippen molar-refractivity contribution in [3.8, 4) is 0 Å². The lowest BCUT2D eigenvalue weighted by molar-refractivity contribution is 0.0784. The van der Waals surface area contributed by atoms with E-state index in [1.54, 1.807) is 11.0 Å². The van der Waals surface area contributed by atoms with Gasteiger partial charge in [0.2, 0.25) is 0 Å². The Bertz CT molecular complexity index is 676. The number of carbonyl (C=O) groups is 1. The van der Waals surface area contributed by atoms with Crippen LogP contribution in [0.4, 0.5) is 4.39 Å². The van der Waals surface area contributed by atoms with E-state index in [2.05, 4.69) is 0 Å². The Balaban J connectivity index is 2.37. The van der Waals surface area contributed by atoms with E-state index in [1.165, 1.54) is 12.1 Å². The minimum absolute atomic E-state index is 0.0175. The zero-order valence-electron chi connectivity index (χ0n) is 13.7. The summed E-state index contributed by atoms with van der Waals surface area (Å²) < 4.78 is 15.3. The molecular weight excluding hydrogens is 279 g/mol. The number of aryl methyl sites for hydroxylation is 2. The number of halogens is 1. The van der Waals surface area contributed by atoms with Gasteiger partial charge in [0, 0.05) is 25.8 Å². The fraction of sp³-hybridized carbons (Fsp3) is 0.389. The first-order valence-corrected chi connectivity index (χ1v) is 7.60. The number of carbonyl (C=O) groups excluding carboxylic acids is 1. The Kier molecular flexibility index (Phi) is 5.01. The van der Waals surface area contributed by atoms with Crippen LogP contribution in [0.25, 0.3) is 0 Å². The first kappa shape index (κ1) is 16.3. The topological polar surface area (TPSA) is 25.2 Å². The van der Waals surface area contributed by atoms with E-state index in [9.17, 15) is 9.18 Å². The fourth-order valence-electron chi connectivity index (χ4n) is 2.77. The van der Waals surface area contributed by atoms with Gasteiger partial charge in [0.25, 0.3) is 5.91 Å². The quantitative estimate of drug-likeness (QED) is 0.825. The molecule has 2 aromatic rings. The van der Waals surface area contributed by atoms with Gasteiger partial charge in [-0.25, -0.2) is 4.39 Å². The lowest BCUT2D eigenvalue weighted by atomic mass is 10.2. The Morgan fingerprint density at radius 2 is 2.00 bits per heavy atom. The second-order valence-corrected chi connectivity index (χ2v) is 5.76. The molecule has 22 heavy (non-hydrogen) atoms. The van der Waals surface area contributed by atoms with E-state index in [4.69, 9.17) is 0 Å². The van der Waals surface area contributed by atoms with Crippen molar-refractivity contribution in [3.05, 3.63) is 58.7 Å². The van der Waals surface area contributed by atoms with Crippen LogP contribution in [-0.2, 0) is 6.54 Å². The molecule has 4 heteroatoms. The highest BCUT2D eigenvalue weighted by Gasteiger charge is 2.20. The van der Waals surface area contributed by atoms with Gasteiger partial charge in [-0.05, 0) is 49.6 Å². The lowest BCUT2D eigenvalue weighted by Crippen LogP contribution is -2.30. The SMILES string of the molecule is CCCN(C)C(=O)c1c(C)cc(C)n1Cc1cccc(F)c1. The van der Waals surface area contributed by atoms with Gasteiger partial charge in [-0.3, -0.25) is 4.79 Å². The largest absolute Gasteiger partial charge is 0.340 e. The molecule has 0 unspecified atom stereocenters. The van der Waals surface area contributed by atoms with Crippen LogP contribution >= 0.6 is 0 Å². The van der Waals surface area contributed by atoms with Crippen molar-refractivity contribution in [2.75, 3.05) is 13.6 Å². The molecule has 0 fully saturated rings. The van der Waals surface area contributed by atoms with E-state index in [1.807, 2.05) is 44.5 Å². The van der Waals surface area contributed by atoms with Crippen LogP contribution in [0.5, 0.6) is 0 Å². The predicted octanol–water partition coefficient (Wildman–Crippen LogP) is 3.77. The van der Waals surface area contributed by atoms with Crippen molar-refractivity contribution < 1.29 is 9.18 Å². The smallest absolute Gasteiger partial charge is 0.270 e. The minimum Gasteiger partial charge on any atom is -0.340 e. The van der Waals surface area contributed by atoms with Crippen LogP contribution < -0.4 is 0 Å². The summed E-state index contributed by atoms with van der Waals surface area (Å²) in [6.07, 6.45) is 0.922. The van der Waals surface area contributed by atoms with Crippen molar-refractivity contribution in [1.82, 2.24) is 9.47 Å². The molecule has 0 aliphatic heterocycles. The van der Waals surface area contributed by atoms with Crippen molar-refractivity contribution in [2.24, 2.45) is 0 Å². The molecule has 0 aliphatic carbocycles. The molecular formula is C18H23FN2O. The first-order valence-electron chi connectivity index (χ1n) is 7.60. The summed E-state index contributed by atoms with van der Waals surface area (Å²) in [5.74, 6) is -0.237. The molecule has 1 aromatic heterocycles. The Morgan fingerprint density at radius 1 is 1.27 bits per heavy atom. The zero-order valence-corrected chi connectivity index (χ0v) is 13.7. The van der Waals surface area contributed by atoms with Crippen LogP contribution in [0.2, 0.25) is 0 Å². The monoisotopic (exact) mass is 302 g/mol. The molecule has 2 rings (SSSR count). The van der Waals surface area contributed by atoms with E-state index in [0.717, 1.165) is 29.8 Å². The van der Waals surface area contributed by atoms with Gasteiger partial charge in [-0.1, -0.05) is 19.1 Å². The molecule has 0 saturated carbocycles. The van der Waals surface area contributed by atoms with Crippen LogP contribution in [0.15, 0.2) is 30.3 Å². The first-order chi connectivity index (χ1) is 10.4. The third-order valence-corrected chi connectivity index (χ3v) is 3.83. The van der Waals surface area contributed by atoms with Gasteiger partial charge in [-0.15, -0.1) is 0 Å². The number of amides is 1. The molecule has 0 spiro atoms. The molecule has 1 amide bonds. The minimum atomic E-state index is -0.255. The van der Waals surface area contributed by atoms with Gasteiger partial charge in [0.1, 0.15) is 11.5 Å². The van der Waals surface area contributed by atoms with Crippen molar-refractivity contribution in [2.45, 2.75) is 33.7 Å². The molecule has 118 valence electrons. The van der Waals surface area contributed by atoms with E-state index >= 15 is 0 Å². The summed E-state index contributed by atoms with van der Waals surface area (Å²) in [7, 11) is 1.82. The van der Waals surface area contributed by atoms with Gasteiger partial charge < -0.3 is 9.47 Å². The maximum atomic E-state index is 13.4. The second kappa shape index (κ2) is 6.77. The van der Waals surface area contributed by atoms with Crippen molar-refractivity contribution >= 4 is 5.91 Å². The number of rotatable bonds is 5. The fourth-order valence-corrected chi connectivity index (χ4v) is 2.77. The third-order valence-electron chi connectivity index (χ3n) is 3.83. The molecule has 0 saturated heterocycles. The molecule has 1 aromatic carbocycles. The van der Waals surface area contributed by atoms with Crippen molar-refractivity contribution in [3.63, 3.8) is 0 Å². The van der Waals surface area contributed by atoms with Crippen LogP contribution in [0, 0.1) is 19.7 Å². The maximum Gasteiger partial charge on any atom is 0.270 e. The molecule has 0 atom stereocenters. The number of hydrogen-bond donors (Lipinski definition) is 0. The van der Waals surface area contributed by atoms with Crippen molar-refractivity contribution in [1.29, 1.82) is 0 Å². The highest BCUT2D eigenvalue weighted by molar-refractivity contribution is 5.94. The summed E-state index contributed by atoms with van der Waals surface area (Å²) >= 11 is 0. The van der Waals surface area contributed by atoms with Gasteiger partial charge >= 0.3 is 0 Å². The predicted molar refractivity (Wildman–Crippen MR) is 86.7 cm³/mol. The average Bonchev–Trinajstić information content (AvgIpc) is 2.73. The molecule has 0 radical (unpaired) electrons. The highest BCUT2D eigenvalue weighted by atomic mass is 19.1. The van der Waals surface area contributed by atoms with Crippen LogP contribution in [-0.4, -0.2) is 29.0 Å². The number of aromatic nitrogens is 1. The van der Waals surface area contributed by atoms with Gasteiger partial charge in [0.05, 0.1) is 0 Å². The molecule has 1 heterocycles. The highest BCUT2D eigenvalue weighted by Crippen LogP contribution is 2.19. The summed E-state index contributed by atoms with van der Waals surface area (Å²) in [5, 5.41) is 0. The number of hydrogen-bond acceptors (Lipinski definition) is 1. The average molecular weight is 302 g/mol. The Labute approximate surface area is 131 Å². The summed E-state index contributed by atoms with van der Waals surface area (Å²) in [4.78, 5) is 14.4. The molecule has 3 nitrogen and oxygen atoms in total. The summed E-state index contributed by atoms with van der Waals surface area (Å²) in [6, 6.07) is 8.52. The Hall–Kier alpha value is -2.10. The van der Waals surface area contributed by atoms with Gasteiger partial charge in [-0.2, -0.15) is 0 Å². The van der Waals surface area contributed by atoms with Crippen LogP contribution in [0.1, 0.15) is 40.7 Å². The number of nitrogens with zero attached hydrogens (tertiary/aromatic N) is 2. The molecule has 0 bridgehead atoms. The molecule has 0 N–H and O–H groups in total. The summed E-state index contributed by atoms with van der Waals surface area (Å²) in [5.41, 5.74) is 3.51. The lowest BCUT2D eigenvalue weighted by Gasteiger charge is -2.19. The Morgan fingerprint density at radius 3 is 2.64 bits per heavy atom. The van der Waals surface area contributed by atoms with E-state index in [-0.39, 0.29) is 11.7 Å². The second-order valence-electron chi connectivity index (χ2n) is 5.76. The zero-order chi connectivity index (χ0) is 16.3. The normalized spacial score (nSPS) is 10.8.